The third kappa shape index (κ3) is 10.5. The zero-order chi connectivity index (χ0) is 16.2. The van der Waals surface area contributed by atoms with Crippen LogP contribution in [0.5, 0.6) is 5.75 Å². The topological polar surface area (TPSA) is 93.5 Å². The van der Waals surface area contributed by atoms with Gasteiger partial charge in [0.25, 0.3) is 0 Å². The monoisotopic (exact) mass is 343 g/mol. The van der Waals surface area contributed by atoms with Gasteiger partial charge in [-0.25, -0.2) is 0 Å². The molecule has 4 N–H and O–H groups in total. The number of carbonyl (C=O) groups excluding carboxylic acids is 2. The van der Waals surface area contributed by atoms with Crippen molar-refractivity contribution in [3.8, 4) is 5.75 Å². The van der Waals surface area contributed by atoms with Gasteiger partial charge in [0, 0.05) is 32.1 Å². The van der Waals surface area contributed by atoms with Crippen LogP contribution in [0.4, 0.5) is 5.69 Å². The molecule has 23 heavy (non-hydrogen) atoms. The highest BCUT2D eigenvalue weighted by molar-refractivity contribution is 5.90. The van der Waals surface area contributed by atoms with Gasteiger partial charge < -0.3 is 21.1 Å². The summed E-state index contributed by atoms with van der Waals surface area (Å²) in [4.78, 5) is 22.5. The highest BCUT2D eigenvalue weighted by Crippen LogP contribution is 2.16. The molecule has 0 fully saturated rings. The van der Waals surface area contributed by atoms with Crippen molar-refractivity contribution in [2.24, 2.45) is 5.73 Å². The zero-order valence-electron chi connectivity index (χ0n) is 13.5. The fourth-order valence-electron chi connectivity index (χ4n) is 1.89. The summed E-state index contributed by atoms with van der Waals surface area (Å²) in [6.45, 7) is 3.12. The number of amides is 2. The maximum absolute atomic E-state index is 11.8. The number of carbonyl (C=O) groups is 2. The lowest BCUT2D eigenvalue weighted by atomic mass is 10.2. The minimum Gasteiger partial charge on any atom is -0.492 e. The molecule has 130 valence electrons. The van der Waals surface area contributed by atoms with E-state index in [1.165, 1.54) is 6.92 Å². The van der Waals surface area contributed by atoms with E-state index in [1.54, 1.807) is 24.3 Å². The number of nitrogens with two attached hydrogens (primary N) is 1. The van der Waals surface area contributed by atoms with Crippen LogP contribution in [0.25, 0.3) is 0 Å². The van der Waals surface area contributed by atoms with E-state index in [0.717, 1.165) is 30.7 Å². The van der Waals surface area contributed by atoms with Crippen LogP contribution < -0.4 is 21.1 Å². The van der Waals surface area contributed by atoms with Gasteiger partial charge in [0.2, 0.25) is 11.8 Å². The van der Waals surface area contributed by atoms with E-state index in [1.807, 2.05) is 0 Å². The van der Waals surface area contributed by atoms with Crippen molar-refractivity contribution >= 4 is 29.9 Å². The van der Waals surface area contributed by atoms with Crippen LogP contribution in [0.15, 0.2) is 24.3 Å². The van der Waals surface area contributed by atoms with Gasteiger partial charge in [-0.15, -0.1) is 12.4 Å². The molecule has 0 spiro atoms. The average Bonchev–Trinajstić information content (AvgIpc) is 2.50. The summed E-state index contributed by atoms with van der Waals surface area (Å²) in [6, 6.07) is 7.22. The van der Waals surface area contributed by atoms with E-state index in [-0.39, 0.29) is 24.2 Å². The van der Waals surface area contributed by atoms with Crippen molar-refractivity contribution in [3.05, 3.63) is 24.3 Å². The summed E-state index contributed by atoms with van der Waals surface area (Å²) in [5, 5.41) is 5.58. The van der Waals surface area contributed by atoms with Crippen LogP contribution in [0.2, 0.25) is 0 Å². The predicted molar refractivity (Wildman–Crippen MR) is 94.0 cm³/mol. The van der Waals surface area contributed by atoms with Crippen LogP contribution in [-0.4, -0.2) is 31.5 Å². The van der Waals surface area contributed by atoms with E-state index < -0.39 is 0 Å². The van der Waals surface area contributed by atoms with Crippen molar-refractivity contribution in [2.45, 2.75) is 32.6 Å². The molecule has 7 heteroatoms. The van der Waals surface area contributed by atoms with Gasteiger partial charge in [-0.1, -0.05) is 6.42 Å². The largest absolute Gasteiger partial charge is 0.492 e. The van der Waals surface area contributed by atoms with Crippen molar-refractivity contribution in [1.82, 2.24) is 5.32 Å². The third-order valence-electron chi connectivity index (χ3n) is 2.98. The number of ether oxygens (including phenoxy) is 1. The SMILES string of the molecule is CC(=O)NCCCCCC(=O)Nc1ccc(OCCN)cc1.Cl. The van der Waals surface area contributed by atoms with E-state index in [4.69, 9.17) is 10.5 Å². The van der Waals surface area contributed by atoms with Crippen molar-refractivity contribution < 1.29 is 14.3 Å². The Morgan fingerprint density at radius 3 is 2.43 bits per heavy atom. The Labute approximate surface area is 143 Å². The van der Waals surface area contributed by atoms with Gasteiger partial charge >= 0.3 is 0 Å². The minimum absolute atomic E-state index is 0. The van der Waals surface area contributed by atoms with E-state index >= 15 is 0 Å². The lowest BCUT2D eigenvalue weighted by Gasteiger charge is -2.08. The van der Waals surface area contributed by atoms with Gasteiger partial charge in [-0.3, -0.25) is 9.59 Å². The molecular weight excluding hydrogens is 318 g/mol. The molecule has 1 aromatic rings. The van der Waals surface area contributed by atoms with Gasteiger partial charge in [-0.05, 0) is 37.1 Å². The number of hydrogen-bond donors (Lipinski definition) is 3. The number of benzene rings is 1. The molecule has 1 rings (SSSR count). The summed E-state index contributed by atoms with van der Waals surface area (Å²) in [5.41, 5.74) is 6.11. The van der Waals surface area contributed by atoms with Crippen molar-refractivity contribution in [3.63, 3.8) is 0 Å². The average molecular weight is 344 g/mol. The first kappa shape index (κ1) is 21.2. The molecule has 0 saturated heterocycles. The first-order chi connectivity index (χ1) is 10.6. The van der Waals surface area contributed by atoms with Gasteiger partial charge in [-0.2, -0.15) is 0 Å². The van der Waals surface area contributed by atoms with E-state index in [0.29, 0.717) is 26.1 Å². The molecule has 0 heterocycles. The van der Waals surface area contributed by atoms with Gasteiger partial charge in [0.1, 0.15) is 12.4 Å². The Morgan fingerprint density at radius 1 is 1.13 bits per heavy atom. The maximum Gasteiger partial charge on any atom is 0.224 e. The second-order valence-electron chi connectivity index (χ2n) is 5.00. The number of hydrogen-bond acceptors (Lipinski definition) is 4. The Bertz CT molecular complexity index is 466. The maximum atomic E-state index is 11.8. The number of halogens is 1. The van der Waals surface area contributed by atoms with Gasteiger partial charge in [0.15, 0.2) is 0 Å². The summed E-state index contributed by atoms with van der Waals surface area (Å²) in [5.74, 6) is 0.716. The normalized spacial score (nSPS) is 9.65. The summed E-state index contributed by atoms with van der Waals surface area (Å²) < 4.78 is 5.37. The third-order valence-corrected chi connectivity index (χ3v) is 2.98. The predicted octanol–water partition coefficient (Wildman–Crippen LogP) is 2.08. The van der Waals surface area contributed by atoms with E-state index in [9.17, 15) is 9.59 Å². The standard InChI is InChI=1S/C16H25N3O3.ClH/c1-13(20)18-11-4-2-3-5-16(21)19-14-6-8-15(9-7-14)22-12-10-17;/h6-9H,2-5,10-12,17H2,1H3,(H,18,20)(H,19,21);1H. The molecule has 0 aliphatic heterocycles. The highest BCUT2D eigenvalue weighted by Gasteiger charge is 2.03. The number of nitrogens with one attached hydrogen (secondary N) is 2. The molecule has 0 atom stereocenters. The lowest BCUT2D eigenvalue weighted by Crippen LogP contribution is -2.20. The molecule has 1 aromatic carbocycles. The number of anilines is 1. The zero-order valence-corrected chi connectivity index (χ0v) is 14.3. The molecular formula is C16H26ClN3O3. The van der Waals surface area contributed by atoms with Gasteiger partial charge in [0.05, 0.1) is 0 Å². The Hall–Kier alpha value is -1.79. The van der Waals surface area contributed by atoms with Crippen molar-refractivity contribution in [1.29, 1.82) is 0 Å². The Kier molecular flexibility index (Phi) is 11.7. The van der Waals surface area contributed by atoms with Crippen LogP contribution in [0.3, 0.4) is 0 Å². The molecule has 0 aromatic heterocycles. The molecule has 0 radical (unpaired) electrons. The van der Waals surface area contributed by atoms with Crippen LogP contribution in [0.1, 0.15) is 32.6 Å². The first-order valence-electron chi connectivity index (χ1n) is 7.59. The lowest BCUT2D eigenvalue weighted by molar-refractivity contribution is -0.119. The smallest absolute Gasteiger partial charge is 0.224 e. The molecule has 0 aliphatic carbocycles. The Morgan fingerprint density at radius 2 is 1.83 bits per heavy atom. The first-order valence-corrected chi connectivity index (χ1v) is 7.59. The fraction of sp³-hybridized carbons (Fsp3) is 0.500. The number of unbranched alkanes of at least 4 members (excludes halogenated alkanes) is 2. The molecule has 0 bridgehead atoms. The van der Waals surface area contributed by atoms with Crippen LogP contribution in [0, 0.1) is 0 Å². The van der Waals surface area contributed by atoms with Crippen LogP contribution in [-0.2, 0) is 9.59 Å². The summed E-state index contributed by atoms with van der Waals surface area (Å²) >= 11 is 0. The summed E-state index contributed by atoms with van der Waals surface area (Å²) in [7, 11) is 0. The summed E-state index contributed by atoms with van der Waals surface area (Å²) in [6.07, 6.45) is 3.09. The second kappa shape index (κ2) is 12.7. The minimum atomic E-state index is -0.0170. The molecule has 6 nitrogen and oxygen atoms in total. The second-order valence-corrected chi connectivity index (χ2v) is 5.00. The molecule has 0 aliphatic rings. The molecule has 0 unspecified atom stereocenters. The molecule has 2 amide bonds. The molecule has 0 saturated carbocycles. The van der Waals surface area contributed by atoms with E-state index in [2.05, 4.69) is 10.6 Å². The fourth-order valence-corrected chi connectivity index (χ4v) is 1.89. The van der Waals surface area contributed by atoms with Crippen molar-refractivity contribution in [2.75, 3.05) is 25.0 Å². The number of rotatable bonds is 10. The Balaban J connectivity index is 0.00000484. The van der Waals surface area contributed by atoms with Crippen LogP contribution >= 0.6 is 12.4 Å². The quantitative estimate of drug-likeness (QED) is 0.567. The highest BCUT2D eigenvalue weighted by atomic mass is 35.5.